The molecule has 0 fully saturated rings. The van der Waals surface area contributed by atoms with Crippen molar-refractivity contribution in [3.63, 3.8) is 0 Å². The second kappa shape index (κ2) is 6.72. The number of rotatable bonds is 7. The van der Waals surface area contributed by atoms with E-state index in [9.17, 15) is 5.11 Å². The molecule has 0 saturated heterocycles. The zero-order valence-electron chi connectivity index (χ0n) is 10.6. The Hall–Kier alpha value is 0.210. The predicted octanol–water partition coefficient (Wildman–Crippen LogP) is 3.21. The fourth-order valence-corrected chi connectivity index (χ4v) is 2.24. The summed E-state index contributed by atoms with van der Waals surface area (Å²) in [6.07, 6.45) is 1.69. The monoisotopic (exact) mass is 236 g/mol. The zero-order chi connectivity index (χ0) is 12.1. The maximum Gasteiger partial charge on any atom is 0.0729 e. The van der Waals surface area contributed by atoms with Crippen molar-refractivity contribution in [2.24, 2.45) is 5.41 Å². The molecule has 0 aromatic rings. The molecule has 15 heavy (non-hydrogen) atoms. The standard InChI is InChI=1S/C12H25ClO2/c1-6-12(5,11(14)8-13)7-10(4)15-9(2)3/h9-11,14H,6-8H2,1-5H3. The van der Waals surface area contributed by atoms with Gasteiger partial charge < -0.3 is 9.84 Å². The molecule has 0 spiro atoms. The highest BCUT2D eigenvalue weighted by atomic mass is 35.5. The summed E-state index contributed by atoms with van der Waals surface area (Å²) in [7, 11) is 0. The van der Waals surface area contributed by atoms with Gasteiger partial charge in [-0.05, 0) is 39.0 Å². The highest BCUT2D eigenvalue weighted by Crippen LogP contribution is 2.33. The van der Waals surface area contributed by atoms with Gasteiger partial charge in [-0.2, -0.15) is 0 Å². The van der Waals surface area contributed by atoms with Gasteiger partial charge in [0.25, 0.3) is 0 Å². The highest BCUT2D eigenvalue weighted by Gasteiger charge is 2.32. The first-order valence-corrected chi connectivity index (χ1v) is 6.28. The third kappa shape index (κ3) is 5.19. The topological polar surface area (TPSA) is 29.5 Å². The molecular formula is C12H25ClO2. The van der Waals surface area contributed by atoms with Crippen molar-refractivity contribution in [2.45, 2.75) is 65.8 Å². The van der Waals surface area contributed by atoms with Crippen LogP contribution in [0, 0.1) is 5.41 Å². The van der Waals surface area contributed by atoms with Crippen LogP contribution in [0.15, 0.2) is 0 Å². The summed E-state index contributed by atoms with van der Waals surface area (Å²) in [5.41, 5.74) is -0.143. The second-order valence-corrected chi connectivity index (χ2v) is 5.19. The van der Waals surface area contributed by atoms with Crippen LogP contribution in [0.3, 0.4) is 0 Å². The Labute approximate surface area is 99.0 Å². The summed E-state index contributed by atoms with van der Waals surface area (Å²) in [5, 5.41) is 9.87. The number of hydrogen-bond donors (Lipinski definition) is 1. The van der Waals surface area contributed by atoms with E-state index in [0.717, 1.165) is 12.8 Å². The molecule has 3 atom stereocenters. The number of aliphatic hydroxyl groups is 1. The van der Waals surface area contributed by atoms with Crippen molar-refractivity contribution in [3.8, 4) is 0 Å². The van der Waals surface area contributed by atoms with Crippen molar-refractivity contribution >= 4 is 11.6 Å². The first-order chi connectivity index (χ1) is 6.85. The van der Waals surface area contributed by atoms with Crippen molar-refractivity contribution in [2.75, 3.05) is 5.88 Å². The van der Waals surface area contributed by atoms with Crippen LogP contribution in [-0.4, -0.2) is 29.3 Å². The molecule has 0 aromatic heterocycles. The van der Waals surface area contributed by atoms with Crippen molar-refractivity contribution in [1.29, 1.82) is 0 Å². The van der Waals surface area contributed by atoms with Crippen LogP contribution in [0.2, 0.25) is 0 Å². The van der Waals surface area contributed by atoms with Crippen LogP contribution in [0.4, 0.5) is 0 Å². The number of halogens is 1. The fourth-order valence-electron chi connectivity index (χ4n) is 1.87. The van der Waals surface area contributed by atoms with Crippen LogP contribution in [-0.2, 0) is 4.74 Å². The molecule has 3 heteroatoms. The van der Waals surface area contributed by atoms with Crippen LogP contribution in [0.5, 0.6) is 0 Å². The molecule has 0 heterocycles. The summed E-state index contributed by atoms with van der Waals surface area (Å²) in [6, 6.07) is 0. The van der Waals surface area contributed by atoms with Gasteiger partial charge in [0.05, 0.1) is 18.3 Å². The summed E-state index contributed by atoms with van der Waals surface area (Å²) in [5.74, 6) is 0.290. The molecule has 0 radical (unpaired) electrons. The molecular weight excluding hydrogens is 212 g/mol. The summed E-state index contributed by atoms with van der Waals surface area (Å²) < 4.78 is 5.69. The van der Waals surface area contributed by atoms with E-state index in [1.165, 1.54) is 0 Å². The summed E-state index contributed by atoms with van der Waals surface area (Å²) >= 11 is 5.71. The van der Waals surface area contributed by atoms with Crippen LogP contribution >= 0.6 is 11.6 Å². The maximum absolute atomic E-state index is 9.87. The molecule has 92 valence electrons. The predicted molar refractivity (Wildman–Crippen MR) is 65.4 cm³/mol. The molecule has 0 aromatic carbocycles. The van der Waals surface area contributed by atoms with E-state index in [0.29, 0.717) is 5.88 Å². The van der Waals surface area contributed by atoms with Crippen molar-refractivity contribution in [3.05, 3.63) is 0 Å². The first-order valence-electron chi connectivity index (χ1n) is 5.75. The molecule has 0 aliphatic heterocycles. The van der Waals surface area contributed by atoms with Gasteiger partial charge in [0, 0.05) is 5.88 Å². The van der Waals surface area contributed by atoms with Crippen LogP contribution in [0.1, 0.15) is 47.5 Å². The minimum absolute atomic E-state index is 0.143. The van der Waals surface area contributed by atoms with Crippen LogP contribution in [0.25, 0.3) is 0 Å². The third-order valence-electron chi connectivity index (χ3n) is 3.02. The molecule has 2 nitrogen and oxygen atoms in total. The number of hydrogen-bond acceptors (Lipinski definition) is 2. The van der Waals surface area contributed by atoms with E-state index < -0.39 is 6.10 Å². The first kappa shape index (κ1) is 15.2. The van der Waals surface area contributed by atoms with Crippen LogP contribution < -0.4 is 0 Å². The van der Waals surface area contributed by atoms with Gasteiger partial charge in [0.1, 0.15) is 0 Å². The Bertz CT molecular complexity index is 173. The van der Waals surface area contributed by atoms with E-state index in [2.05, 4.69) is 20.8 Å². The molecule has 0 rings (SSSR count). The van der Waals surface area contributed by atoms with Crippen molar-refractivity contribution < 1.29 is 9.84 Å². The van der Waals surface area contributed by atoms with E-state index in [1.807, 2.05) is 13.8 Å². The maximum atomic E-state index is 9.87. The summed E-state index contributed by atoms with van der Waals surface area (Å²) in [6.45, 7) is 10.3. The normalized spacial score (nSPS) is 20.0. The van der Waals surface area contributed by atoms with E-state index in [4.69, 9.17) is 16.3 Å². The molecule has 0 saturated carbocycles. The lowest BCUT2D eigenvalue weighted by atomic mass is 9.77. The molecule has 1 N–H and O–H groups in total. The Balaban J connectivity index is 4.29. The third-order valence-corrected chi connectivity index (χ3v) is 3.31. The number of alkyl halides is 1. The van der Waals surface area contributed by atoms with Gasteiger partial charge in [-0.3, -0.25) is 0 Å². The van der Waals surface area contributed by atoms with Gasteiger partial charge in [0.15, 0.2) is 0 Å². The Kier molecular flexibility index (Phi) is 6.81. The average molecular weight is 237 g/mol. The lowest BCUT2D eigenvalue weighted by Crippen LogP contribution is -2.37. The van der Waals surface area contributed by atoms with Crippen molar-refractivity contribution in [1.82, 2.24) is 0 Å². The zero-order valence-corrected chi connectivity index (χ0v) is 11.3. The van der Waals surface area contributed by atoms with E-state index >= 15 is 0 Å². The molecule has 0 amide bonds. The Morgan fingerprint density at radius 2 is 1.87 bits per heavy atom. The molecule has 0 aliphatic rings. The van der Waals surface area contributed by atoms with E-state index in [-0.39, 0.29) is 17.6 Å². The smallest absolute Gasteiger partial charge is 0.0729 e. The Morgan fingerprint density at radius 3 is 2.20 bits per heavy atom. The van der Waals surface area contributed by atoms with E-state index in [1.54, 1.807) is 0 Å². The fraction of sp³-hybridized carbons (Fsp3) is 1.00. The molecule has 3 unspecified atom stereocenters. The van der Waals surface area contributed by atoms with Gasteiger partial charge in [0.2, 0.25) is 0 Å². The number of ether oxygens (including phenoxy) is 1. The lowest BCUT2D eigenvalue weighted by Gasteiger charge is -2.35. The largest absolute Gasteiger partial charge is 0.391 e. The second-order valence-electron chi connectivity index (χ2n) is 4.88. The SMILES string of the molecule is CCC(C)(CC(C)OC(C)C)C(O)CCl. The van der Waals surface area contributed by atoms with Gasteiger partial charge in [-0.25, -0.2) is 0 Å². The highest BCUT2D eigenvalue weighted by molar-refractivity contribution is 6.18. The molecule has 0 bridgehead atoms. The lowest BCUT2D eigenvalue weighted by molar-refractivity contribution is -0.0393. The quantitative estimate of drug-likeness (QED) is 0.688. The van der Waals surface area contributed by atoms with Gasteiger partial charge >= 0.3 is 0 Å². The number of aliphatic hydroxyl groups excluding tert-OH is 1. The minimum atomic E-state index is -0.456. The average Bonchev–Trinajstić information content (AvgIpc) is 2.14. The Morgan fingerprint density at radius 1 is 1.33 bits per heavy atom. The van der Waals surface area contributed by atoms with Gasteiger partial charge in [-0.1, -0.05) is 13.8 Å². The minimum Gasteiger partial charge on any atom is -0.391 e. The van der Waals surface area contributed by atoms with Gasteiger partial charge in [-0.15, -0.1) is 11.6 Å². The molecule has 0 aliphatic carbocycles. The summed E-state index contributed by atoms with van der Waals surface area (Å²) in [4.78, 5) is 0.